The fourth-order valence-electron chi connectivity index (χ4n) is 3.59. The first-order chi connectivity index (χ1) is 15.4. The summed E-state index contributed by atoms with van der Waals surface area (Å²) in [5.41, 5.74) is 2.30. The molecule has 0 saturated carbocycles. The molecule has 0 aliphatic carbocycles. The van der Waals surface area contributed by atoms with Crippen molar-refractivity contribution in [3.05, 3.63) is 54.1 Å². The zero-order valence-electron chi connectivity index (χ0n) is 18.8. The van der Waals surface area contributed by atoms with Crippen LogP contribution in [0.3, 0.4) is 0 Å². The first-order valence-electron chi connectivity index (χ1n) is 10.9. The second-order valence-corrected chi connectivity index (χ2v) is 8.26. The van der Waals surface area contributed by atoms with E-state index in [0.717, 1.165) is 24.5 Å². The van der Waals surface area contributed by atoms with E-state index >= 15 is 0 Å². The highest BCUT2D eigenvalue weighted by Gasteiger charge is 2.24. The maximum absolute atomic E-state index is 12.5. The van der Waals surface area contributed by atoms with Gasteiger partial charge in [0, 0.05) is 37.7 Å². The molecule has 0 radical (unpaired) electrons. The number of ether oxygens (including phenoxy) is 1. The fourth-order valence-corrected chi connectivity index (χ4v) is 3.79. The van der Waals surface area contributed by atoms with Gasteiger partial charge in [-0.25, -0.2) is 0 Å². The molecular weight excluding hydrogens is 424 g/mol. The van der Waals surface area contributed by atoms with Crippen LogP contribution in [0.15, 0.2) is 48.5 Å². The standard InChI is InChI=1S/C24H30N4O3S/c1-4-31-19-11-9-18(10-12-19)22(29)26-24(32)25-20-7-5-6-8-21(20)27-13-15-28(16-14-27)23(30)17(2)3/h5-12,17H,4,13-16H2,1-3H3,(H2,25,26,29,32). The molecule has 1 heterocycles. The number of hydrogen-bond donors (Lipinski definition) is 2. The van der Waals surface area contributed by atoms with Crippen molar-refractivity contribution in [2.45, 2.75) is 20.8 Å². The Morgan fingerprint density at radius 2 is 1.69 bits per heavy atom. The van der Waals surface area contributed by atoms with Crippen LogP contribution in [0.5, 0.6) is 5.75 Å². The van der Waals surface area contributed by atoms with E-state index in [2.05, 4.69) is 15.5 Å². The van der Waals surface area contributed by atoms with Gasteiger partial charge in [-0.05, 0) is 55.5 Å². The van der Waals surface area contributed by atoms with E-state index in [9.17, 15) is 9.59 Å². The van der Waals surface area contributed by atoms with E-state index in [-0.39, 0.29) is 22.8 Å². The van der Waals surface area contributed by atoms with Crippen molar-refractivity contribution in [2.24, 2.45) is 5.92 Å². The average Bonchev–Trinajstić information content (AvgIpc) is 2.79. The van der Waals surface area contributed by atoms with Crippen molar-refractivity contribution in [2.75, 3.05) is 43.0 Å². The summed E-state index contributed by atoms with van der Waals surface area (Å²) in [6.45, 7) is 9.18. The molecule has 2 aromatic rings. The van der Waals surface area contributed by atoms with Gasteiger partial charge < -0.3 is 19.9 Å². The zero-order chi connectivity index (χ0) is 23.1. The molecule has 32 heavy (non-hydrogen) atoms. The van der Waals surface area contributed by atoms with Gasteiger partial charge in [-0.1, -0.05) is 26.0 Å². The van der Waals surface area contributed by atoms with Gasteiger partial charge in [0.2, 0.25) is 5.91 Å². The van der Waals surface area contributed by atoms with Gasteiger partial charge in [0.25, 0.3) is 5.91 Å². The molecule has 0 aromatic heterocycles. The van der Waals surface area contributed by atoms with Crippen molar-refractivity contribution in [3.8, 4) is 5.75 Å². The van der Waals surface area contributed by atoms with E-state index in [1.54, 1.807) is 24.3 Å². The molecule has 2 amide bonds. The molecule has 1 saturated heterocycles. The van der Waals surface area contributed by atoms with Crippen LogP contribution in [0.25, 0.3) is 0 Å². The summed E-state index contributed by atoms with van der Waals surface area (Å²) in [7, 11) is 0. The van der Waals surface area contributed by atoms with Gasteiger partial charge >= 0.3 is 0 Å². The molecule has 0 spiro atoms. The van der Waals surface area contributed by atoms with Crippen LogP contribution < -0.4 is 20.3 Å². The van der Waals surface area contributed by atoms with Crippen LogP contribution in [0.1, 0.15) is 31.1 Å². The van der Waals surface area contributed by atoms with Crippen molar-refractivity contribution >= 4 is 40.5 Å². The van der Waals surface area contributed by atoms with E-state index in [4.69, 9.17) is 17.0 Å². The summed E-state index contributed by atoms with van der Waals surface area (Å²) < 4.78 is 5.41. The Balaban J connectivity index is 1.60. The maximum atomic E-state index is 12.5. The third-order valence-electron chi connectivity index (χ3n) is 5.23. The highest BCUT2D eigenvalue weighted by Crippen LogP contribution is 2.27. The molecule has 170 valence electrons. The minimum atomic E-state index is -0.288. The number of amides is 2. The Kier molecular flexibility index (Phi) is 8.05. The van der Waals surface area contributed by atoms with Gasteiger partial charge in [-0.3, -0.25) is 14.9 Å². The van der Waals surface area contributed by atoms with Crippen LogP contribution in [-0.4, -0.2) is 54.6 Å². The molecule has 0 atom stereocenters. The van der Waals surface area contributed by atoms with Crippen molar-refractivity contribution in [3.63, 3.8) is 0 Å². The van der Waals surface area contributed by atoms with Crippen molar-refractivity contribution in [1.82, 2.24) is 10.2 Å². The second kappa shape index (κ2) is 10.9. The molecule has 0 unspecified atom stereocenters. The number of anilines is 2. The third kappa shape index (κ3) is 5.97. The molecule has 2 aromatic carbocycles. The Morgan fingerprint density at radius 3 is 2.31 bits per heavy atom. The van der Waals surface area contributed by atoms with Gasteiger partial charge in [0.15, 0.2) is 5.11 Å². The molecule has 1 fully saturated rings. The fraction of sp³-hybridized carbons (Fsp3) is 0.375. The lowest BCUT2D eigenvalue weighted by Gasteiger charge is -2.37. The Hall–Kier alpha value is -3.13. The summed E-state index contributed by atoms with van der Waals surface area (Å²) in [4.78, 5) is 28.9. The average molecular weight is 455 g/mol. The quantitative estimate of drug-likeness (QED) is 0.651. The smallest absolute Gasteiger partial charge is 0.257 e. The molecule has 8 heteroatoms. The monoisotopic (exact) mass is 454 g/mol. The van der Waals surface area contributed by atoms with Crippen LogP contribution in [0, 0.1) is 5.92 Å². The number of para-hydroxylation sites is 2. The third-order valence-corrected chi connectivity index (χ3v) is 5.44. The van der Waals surface area contributed by atoms with Gasteiger partial charge in [0.05, 0.1) is 18.0 Å². The number of rotatable bonds is 6. The predicted molar refractivity (Wildman–Crippen MR) is 131 cm³/mol. The van der Waals surface area contributed by atoms with E-state index in [1.807, 2.05) is 49.9 Å². The van der Waals surface area contributed by atoms with Gasteiger partial charge in [0.1, 0.15) is 5.75 Å². The number of carbonyl (C=O) groups excluding carboxylic acids is 2. The molecule has 2 N–H and O–H groups in total. The predicted octanol–water partition coefficient (Wildman–Crippen LogP) is 3.52. The number of hydrogen-bond acceptors (Lipinski definition) is 5. The Labute approximate surface area is 194 Å². The number of nitrogens with one attached hydrogen (secondary N) is 2. The highest BCUT2D eigenvalue weighted by molar-refractivity contribution is 7.80. The van der Waals surface area contributed by atoms with Crippen LogP contribution in [0.2, 0.25) is 0 Å². The van der Waals surface area contributed by atoms with E-state index in [1.165, 1.54) is 0 Å². The molecule has 7 nitrogen and oxygen atoms in total. The first kappa shape index (κ1) is 23.5. The molecule has 1 aliphatic rings. The normalized spacial score (nSPS) is 13.6. The summed E-state index contributed by atoms with van der Waals surface area (Å²) in [5.74, 6) is 0.624. The SMILES string of the molecule is CCOc1ccc(C(=O)NC(=S)Nc2ccccc2N2CCN(C(=O)C(C)C)CC2)cc1. The topological polar surface area (TPSA) is 73.9 Å². The van der Waals surface area contributed by atoms with Crippen LogP contribution in [-0.2, 0) is 4.79 Å². The minimum Gasteiger partial charge on any atom is -0.494 e. The van der Waals surface area contributed by atoms with Crippen molar-refractivity contribution < 1.29 is 14.3 Å². The summed E-state index contributed by atoms with van der Waals surface area (Å²) in [6.07, 6.45) is 0. The van der Waals surface area contributed by atoms with Crippen LogP contribution in [0.4, 0.5) is 11.4 Å². The first-order valence-corrected chi connectivity index (χ1v) is 11.3. The summed E-state index contributed by atoms with van der Waals surface area (Å²) >= 11 is 5.38. The van der Waals surface area contributed by atoms with Crippen molar-refractivity contribution in [1.29, 1.82) is 0 Å². The van der Waals surface area contributed by atoms with E-state index in [0.29, 0.717) is 31.0 Å². The molecule has 3 rings (SSSR count). The van der Waals surface area contributed by atoms with Gasteiger partial charge in [-0.2, -0.15) is 0 Å². The lowest BCUT2D eigenvalue weighted by molar-refractivity contribution is -0.134. The zero-order valence-corrected chi connectivity index (χ0v) is 19.6. The second-order valence-electron chi connectivity index (χ2n) is 7.85. The number of thiocarbonyl (C=S) groups is 1. The number of piperazine rings is 1. The number of benzene rings is 2. The molecule has 0 bridgehead atoms. The summed E-state index contributed by atoms with van der Waals surface area (Å²) in [5, 5.41) is 6.10. The number of nitrogens with zero attached hydrogens (tertiary/aromatic N) is 2. The Morgan fingerprint density at radius 1 is 1.03 bits per heavy atom. The number of carbonyl (C=O) groups is 2. The van der Waals surface area contributed by atoms with E-state index < -0.39 is 0 Å². The maximum Gasteiger partial charge on any atom is 0.257 e. The highest BCUT2D eigenvalue weighted by atomic mass is 32.1. The Bertz CT molecular complexity index is 954. The molecular formula is C24H30N4O3S. The lowest BCUT2D eigenvalue weighted by Crippen LogP contribution is -2.50. The minimum absolute atomic E-state index is 0.00635. The molecule has 1 aliphatic heterocycles. The largest absolute Gasteiger partial charge is 0.494 e. The lowest BCUT2D eigenvalue weighted by atomic mass is 10.1. The summed E-state index contributed by atoms with van der Waals surface area (Å²) in [6, 6.07) is 14.7. The van der Waals surface area contributed by atoms with Crippen LogP contribution >= 0.6 is 12.2 Å². The van der Waals surface area contributed by atoms with Gasteiger partial charge in [-0.15, -0.1) is 0 Å².